The summed E-state index contributed by atoms with van der Waals surface area (Å²) < 4.78 is 0. The molecule has 2 atom stereocenters. The number of amides is 2. The van der Waals surface area contributed by atoms with E-state index in [0.717, 1.165) is 31.5 Å². The SMILES string of the molecule is Cl.O=C(NC1CCN(c2ccc(Cl)cc2)C1=O)C1CCCCN1. The number of anilines is 1. The van der Waals surface area contributed by atoms with E-state index < -0.39 is 6.04 Å². The zero-order valence-electron chi connectivity index (χ0n) is 12.8. The Bertz CT molecular complexity index is 559. The first kappa shape index (κ1) is 18.0. The lowest BCUT2D eigenvalue weighted by Crippen LogP contribution is -2.51. The number of piperidine rings is 1. The fourth-order valence-electron chi connectivity index (χ4n) is 3.04. The number of nitrogens with zero attached hydrogens (tertiary/aromatic N) is 1. The summed E-state index contributed by atoms with van der Waals surface area (Å²) in [7, 11) is 0. The number of rotatable bonds is 3. The van der Waals surface area contributed by atoms with Crippen LogP contribution in [-0.4, -0.2) is 37.0 Å². The first-order chi connectivity index (χ1) is 10.6. The zero-order valence-corrected chi connectivity index (χ0v) is 14.3. The molecule has 5 nitrogen and oxygen atoms in total. The molecule has 2 unspecified atom stereocenters. The van der Waals surface area contributed by atoms with Crippen LogP contribution in [0.4, 0.5) is 5.69 Å². The van der Waals surface area contributed by atoms with Crippen LogP contribution in [0, 0.1) is 0 Å². The summed E-state index contributed by atoms with van der Waals surface area (Å²) in [5.41, 5.74) is 0.821. The molecule has 2 amide bonds. The first-order valence-electron chi connectivity index (χ1n) is 7.76. The maximum atomic E-state index is 12.5. The molecule has 2 aliphatic heterocycles. The van der Waals surface area contributed by atoms with E-state index in [1.54, 1.807) is 17.0 Å². The standard InChI is InChI=1S/C16H20ClN3O2.ClH/c17-11-4-6-12(7-5-11)20-10-8-14(16(20)22)19-15(21)13-3-1-2-9-18-13;/h4-7,13-14,18H,1-3,8-10H2,(H,19,21);1H. The van der Waals surface area contributed by atoms with E-state index in [9.17, 15) is 9.59 Å². The van der Waals surface area contributed by atoms with Crippen molar-refractivity contribution in [2.24, 2.45) is 0 Å². The fraction of sp³-hybridized carbons (Fsp3) is 0.500. The second kappa shape index (κ2) is 7.99. The molecule has 2 N–H and O–H groups in total. The van der Waals surface area contributed by atoms with Gasteiger partial charge in [0.1, 0.15) is 6.04 Å². The highest BCUT2D eigenvalue weighted by Gasteiger charge is 2.35. The number of benzene rings is 1. The average Bonchev–Trinajstić information content (AvgIpc) is 2.90. The Labute approximate surface area is 147 Å². The second-order valence-corrected chi connectivity index (χ2v) is 6.26. The van der Waals surface area contributed by atoms with Gasteiger partial charge in [-0.25, -0.2) is 0 Å². The number of halogens is 2. The van der Waals surface area contributed by atoms with Crippen molar-refractivity contribution in [1.29, 1.82) is 0 Å². The van der Waals surface area contributed by atoms with E-state index in [4.69, 9.17) is 11.6 Å². The maximum absolute atomic E-state index is 12.5. The van der Waals surface area contributed by atoms with Crippen molar-refractivity contribution in [2.75, 3.05) is 18.0 Å². The minimum atomic E-state index is -0.424. The van der Waals surface area contributed by atoms with Gasteiger partial charge < -0.3 is 15.5 Å². The van der Waals surface area contributed by atoms with Crippen molar-refractivity contribution in [3.05, 3.63) is 29.3 Å². The number of carbonyl (C=O) groups is 2. The Balaban J connectivity index is 0.00000192. The number of carbonyl (C=O) groups excluding carboxylic acids is 2. The van der Waals surface area contributed by atoms with Crippen LogP contribution in [0.5, 0.6) is 0 Å². The van der Waals surface area contributed by atoms with Crippen LogP contribution in [-0.2, 0) is 9.59 Å². The largest absolute Gasteiger partial charge is 0.343 e. The maximum Gasteiger partial charge on any atom is 0.249 e. The van der Waals surface area contributed by atoms with E-state index in [0.29, 0.717) is 18.0 Å². The van der Waals surface area contributed by atoms with Gasteiger partial charge in [0.25, 0.3) is 0 Å². The molecule has 2 heterocycles. The predicted octanol–water partition coefficient (Wildman–Crippen LogP) is 2.13. The summed E-state index contributed by atoms with van der Waals surface area (Å²) in [4.78, 5) is 26.4. The fourth-order valence-corrected chi connectivity index (χ4v) is 3.17. The van der Waals surface area contributed by atoms with Crippen LogP contribution in [0.25, 0.3) is 0 Å². The topological polar surface area (TPSA) is 61.4 Å². The third-order valence-electron chi connectivity index (χ3n) is 4.29. The highest BCUT2D eigenvalue weighted by atomic mass is 35.5. The molecule has 0 aliphatic carbocycles. The lowest BCUT2D eigenvalue weighted by atomic mass is 10.0. The lowest BCUT2D eigenvalue weighted by Gasteiger charge is -2.24. The van der Waals surface area contributed by atoms with Crippen molar-refractivity contribution < 1.29 is 9.59 Å². The van der Waals surface area contributed by atoms with Crippen molar-refractivity contribution in [3.63, 3.8) is 0 Å². The molecule has 0 saturated carbocycles. The van der Waals surface area contributed by atoms with E-state index in [-0.39, 0.29) is 30.3 Å². The van der Waals surface area contributed by atoms with Crippen molar-refractivity contribution >= 4 is 41.5 Å². The molecule has 2 aliphatic rings. The summed E-state index contributed by atoms with van der Waals surface area (Å²) in [6.45, 7) is 1.48. The van der Waals surface area contributed by atoms with E-state index in [2.05, 4.69) is 10.6 Å². The molecule has 1 aromatic carbocycles. The monoisotopic (exact) mass is 357 g/mol. The third kappa shape index (κ3) is 4.16. The van der Waals surface area contributed by atoms with Gasteiger partial charge in [-0.05, 0) is 50.1 Å². The van der Waals surface area contributed by atoms with Crippen LogP contribution in [0.2, 0.25) is 5.02 Å². The Kier molecular flexibility index (Phi) is 6.27. The number of hydrogen-bond donors (Lipinski definition) is 2. The van der Waals surface area contributed by atoms with Crippen LogP contribution in [0.3, 0.4) is 0 Å². The minimum absolute atomic E-state index is 0. The van der Waals surface area contributed by atoms with Gasteiger partial charge in [-0.15, -0.1) is 12.4 Å². The molecule has 2 saturated heterocycles. The molecule has 3 rings (SSSR count). The van der Waals surface area contributed by atoms with Gasteiger partial charge in [-0.1, -0.05) is 18.0 Å². The Morgan fingerprint density at radius 3 is 2.61 bits per heavy atom. The van der Waals surface area contributed by atoms with E-state index in [1.165, 1.54) is 0 Å². The second-order valence-electron chi connectivity index (χ2n) is 5.82. The molecule has 126 valence electrons. The van der Waals surface area contributed by atoms with Gasteiger partial charge in [-0.3, -0.25) is 9.59 Å². The Morgan fingerprint density at radius 1 is 1.22 bits per heavy atom. The predicted molar refractivity (Wildman–Crippen MR) is 93.2 cm³/mol. The summed E-state index contributed by atoms with van der Waals surface area (Å²) in [6.07, 6.45) is 3.64. The molecule has 0 spiro atoms. The van der Waals surface area contributed by atoms with Crippen LogP contribution >= 0.6 is 24.0 Å². The van der Waals surface area contributed by atoms with Gasteiger partial charge in [-0.2, -0.15) is 0 Å². The van der Waals surface area contributed by atoms with Crippen molar-refractivity contribution in [2.45, 2.75) is 37.8 Å². The normalized spacial score (nSPS) is 24.2. The molecule has 0 bridgehead atoms. The zero-order chi connectivity index (χ0) is 15.5. The molecule has 23 heavy (non-hydrogen) atoms. The Hall–Kier alpha value is -1.30. The quantitative estimate of drug-likeness (QED) is 0.870. The van der Waals surface area contributed by atoms with Crippen LogP contribution < -0.4 is 15.5 Å². The van der Waals surface area contributed by atoms with E-state index >= 15 is 0 Å². The van der Waals surface area contributed by atoms with Gasteiger partial charge in [0.05, 0.1) is 6.04 Å². The first-order valence-corrected chi connectivity index (χ1v) is 8.13. The molecule has 7 heteroatoms. The van der Waals surface area contributed by atoms with E-state index in [1.807, 2.05) is 12.1 Å². The van der Waals surface area contributed by atoms with Gasteiger partial charge in [0.15, 0.2) is 0 Å². The Morgan fingerprint density at radius 2 is 1.96 bits per heavy atom. The third-order valence-corrected chi connectivity index (χ3v) is 4.54. The van der Waals surface area contributed by atoms with Crippen LogP contribution in [0.15, 0.2) is 24.3 Å². The smallest absolute Gasteiger partial charge is 0.249 e. The van der Waals surface area contributed by atoms with Crippen LogP contribution in [0.1, 0.15) is 25.7 Å². The highest BCUT2D eigenvalue weighted by molar-refractivity contribution is 6.30. The summed E-state index contributed by atoms with van der Waals surface area (Å²) in [5, 5.41) is 6.74. The molecular weight excluding hydrogens is 337 g/mol. The average molecular weight is 358 g/mol. The summed E-state index contributed by atoms with van der Waals surface area (Å²) in [6, 6.07) is 6.60. The van der Waals surface area contributed by atoms with Gasteiger partial charge in [0, 0.05) is 17.3 Å². The minimum Gasteiger partial charge on any atom is -0.343 e. The molecule has 1 aromatic rings. The highest BCUT2D eigenvalue weighted by Crippen LogP contribution is 2.23. The molecule has 0 radical (unpaired) electrons. The molecular formula is C16H21Cl2N3O2. The summed E-state index contributed by atoms with van der Waals surface area (Å²) in [5.74, 6) is -0.109. The van der Waals surface area contributed by atoms with Crippen molar-refractivity contribution in [1.82, 2.24) is 10.6 Å². The van der Waals surface area contributed by atoms with Gasteiger partial charge >= 0.3 is 0 Å². The van der Waals surface area contributed by atoms with Gasteiger partial charge in [0.2, 0.25) is 11.8 Å². The number of hydrogen-bond acceptors (Lipinski definition) is 3. The lowest BCUT2D eigenvalue weighted by molar-refractivity contribution is -0.128. The van der Waals surface area contributed by atoms with Crippen molar-refractivity contribution in [3.8, 4) is 0 Å². The molecule has 2 fully saturated rings. The summed E-state index contributed by atoms with van der Waals surface area (Å²) >= 11 is 5.87. The number of nitrogens with one attached hydrogen (secondary N) is 2. The molecule has 0 aromatic heterocycles.